The average Bonchev–Trinajstić information content (AvgIpc) is 3.19. The molecule has 3 rings (SSSR count). The van der Waals surface area contributed by atoms with E-state index in [1.165, 1.54) is 0 Å². The highest BCUT2D eigenvalue weighted by Gasteiger charge is 2.21. The van der Waals surface area contributed by atoms with Gasteiger partial charge in [0, 0.05) is 16.9 Å². The zero-order valence-corrected chi connectivity index (χ0v) is 14.1. The first-order valence-corrected chi connectivity index (χ1v) is 9.63. The van der Waals surface area contributed by atoms with Crippen LogP contribution >= 0.6 is 11.3 Å². The standard InChI is InChI=1S/C16H19NO3S2/c1-2-19-13-5-7-14(8-6-13)22(18)11-12-10-21-16(17-12)15-4-3-9-20-15/h5-8,10,15H,2-4,9,11H2,1H3/t15-,22+/m1/s1. The molecule has 0 amide bonds. The van der Waals surface area contributed by atoms with E-state index in [2.05, 4.69) is 4.98 Å². The second-order valence-corrected chi connectivity index (χ2v) is 7.41. The Labute approximate surface area is 136 Å². The van der Waals surface area contributed by atoms with Gasteiger partial charge < -0.3 is 9.47 Å². The Balaban J connectivity index is 1.63. The smallest absolute Gasteiger partial charge is 0.122 e. The lowest BCUT2D eigenvalue weighted by atomic mass is 10.2. The van der Waals surface area contributed by atoms with Crippen molar-refractivity contribution in [3.63, 3.8) is 0 Å². The highest BCUT2D eigenvalue weighted by Crippen LogP contribution is 2.31. The van der Waals surface area contributed by atoms with Crippen LogP contribution in [0.1, 0.15) is 36.6 Å². The van der Waals surface area contributed by atoms with E-state index in [1.807, 2.05) is 36.6 Å². The molecule has 0 saturated carbocycles. The van der Waals surface area contributed by atoms with Gasteiger partial charge in [-0.25, -0.2) is 4.98 Å². The summed E-state index contributed by atoms with van der Waals surface area (Å²) in [6.07, 6.45) is 2.27. The first-order chi connectivity index (χ1) is 10.8. The predicted molar refractivity (Wildman–Crippen MR) is 87.8 cm³/mol. The summed E-state index contributed by atoms with van der Waals surface area (Å²) < 4.78 is 23.4. The summed E-state index contributed by atoms with van der Waals surface area (Å²) in [5.41, 5.74) is 0.878. The second kappa shape index (κ2) is 7.35. The first-order valence-electron chi connectivity index (χ1n) is 7.43. The van der Waals surface area contributed by atoms with Gasteiger partial charge in [0.25, 0.3) is 0 Å². The van der Waals surface area contributed by atoms with Crippen LogP contribution in [0.2, 0.25) is 0 Å². The van der Waals surface area contributed by atoms with Crippen LogP contribution in [0.25, 0.3) is 0 Å². The van der Waals surface area contributed by atoms with Gasteiger partial charge in [0.15, 0.2) is 0 Å². The number of benzene rings is 1. The average molecular weight is 337 g/mol. The first kappa shape index (κ1) is 15.6. The number of nitrogens with zero attached hydrogens (tertiary/aromatic N) is 1. The molecule has 1 aliphatic heterocycles. The van der Waals surface area contributed by atoms with E-state index < -0.39 is 10.8 Å². The zero-order chi connectivity index (χ0) is 15.4. The van der Waals surface area contributed by atoms with Crippen LogP contribution in [0.3, 0.4) is 0 Å². The fourth-order valence-corrected chi connectivity index (χ4v) is 4.41. The molecule has 0 spiro atoms. The molecule has 22 heavy (non-hydrogen) atoms. The minimum Gasteiger partial charge on any atom is -0.494 e. The van der Waals surface area contributed by atoms with Crippen LogP contribution < -0.4 is 4.74 Å². The highest BCUT2D eigenvalue weighted by atomic mass is 32.2. The summed E-state index contributed by atoms with van der Waals surface area (Å²) in [6, 6.07) is 7.42. The Hall–Kier alpha value is -1.24. The normalized spacial score (nSPS) is 19.2. The molecule has 1 aromatic heterocycles. The topological polar surface area (TPSA) is 48.4 Å². The minimum absolute atomic E-state index is 0.137. The van der Waals surface area contributed by atoms with Gasteiger partial charge in [-0.05, 0) is 44.0 Å². The summed E-state index contributed by atoms with van der Waals surface area (Å²) >= 11 is 1.60. The van der Waals surface area contributed by atoms with Crippen LogP contribution in [0.15, 0.2) is 34.5 Å². The van der Waals surface area contributed by atoms with E-state index in [1.54, 1.807) is 11.3 Å². The molecular weight excluding hydrogens is 318 g/mol. The maximum Gasteiger partial charge on any atom is 0.122 e. The summed E-state index contributed by atoms with van der Waals surface area (Å²) in [5, 5.41) is 3.00. The Kier molecular flexibility index (Phi) is 5.23. The largest absolute Gasteiger partial charge is 0.494 e. The maximum absolute atomic E-state index is 12.4. The van der Waals surface area contributed by atoms with E-state index in [0.29, 0.717) is 12.4 Å². The van der Waals surface area contributed by atoms with Gasteiger partial charge in [-0.1, -0.05) is 0 Å². The van der Waals surface area contributed by atoms with E-state index in [-0.39, 0.29) is 6.10 Å². The van der Waals surface area contributed by atoms with Gasteiger partial charge in [0.05, 0.1) is 28.9 Å². The monoisotopic (exact) mass is 337 g/mol. The van der Waals surface area contributed by atoms with Gasteiger partial charge in [-0.2, -0.15) is 0 Å². The van der Waals surface area contributed by atoms with Crippen molar-refractivity contribution in [3.8, 4) is 5.75 Å². The summed E-state index contributed by atoms with van der Waals surface area (Å²) in [5.74, 6) is 1.24. The molecule has 0 unspecified atom stereocenters. The van der Waals surface area contributed by atoms with E-state index in [4.69, 9.17) is 9.47 Å². The van der Waals surface area contributed by atoms with Crippen molar-refractivity contribution < 1.29 is 13.7 Å². The number of aromatic nitrogens is 1. The predicted octanol–water partition coefficient (Wildman–Crippen LogP) is 3.70. The highest BCUT2D eigenvalue weighted by molar-refractivity contribution is 7.84. The van der Waals surface area contributed by atoms with Crippen LogP contribution in [0, 0.1) is 0 Å². The number of hydrogen-bond acceptors (Lipinski definition) is 5. The Bertz CT molecular complexity index is 633. The lowest BCUT2D eigenvalue weighted by Gasteiger charge is -2.05. The lowest BCUT2D eigenvalue weighted by Crippen LogP contribution is -1.99. The second-order valence-electron chi connectivity index (χ2n) is 5.07. The van der Waals surface area contributed by atoms with Crippen molar-refractivity contribution in [3.05, 3.63) is 40.3 Å². The fraction of sp³-hybridized carbons (Fsp3) is 0.438. The molecule has 0 bridgehead atoms. The van der Waals surface area contributed by atoms with Crippen LogP contribution in [0.5, 0.6) is 5.75 Å². The maximum atomic E-state index is 12.4. The molecule has 2 aromatic rings. The number of rotatable bonds is 6. The van der Waals surface area contributed by atoms with Gasteiger partial charge in [-0.3, -0.25) is 4.21 Å². The molecule has 0 radical (unpaired) electrons. The third-order valence-electron chi connectivity index (χ3n) is 3.45. The molecule has 2 heterocycles. The van der Waals surface area contributed by atoms with E-state index >= 15 is 0 Å². The molecule has 2 atom stereocenters. The molecule has 118 valence electrons. The molecular formula is C16H19NO3S2. The SMILES string of the molecule is CCOc1ccc([S@@](=O)Cc2csc([C@H]3CCCO3)n2)cc1. The number of thiazole rings is 1. The van der Waals surface area contributed by atoms with Gasteiger partial charge in [0.2, 0.25) is 0 Å². The summed E-state index contributed by atoms with van der Waals surface area (Å²) in [4.78, 5) is 5.38. The van der Waals surface area contributed by atoms with Crippen LogP contribution in [-0.4, -0.2) is 22.4 Å². The van der Waals surface area contributed by atoms with Crippen molar-refractivity contribution >= 4 is 22.1 Å². The molecule has 1 saturated heterocycles. The van der Waals surface area contributed by atoms with Gasteiger partial charge in [-0.15, -0.1) is 11.3 Å². The quantitative estimate of drug-likeness (QED) is 0.806. The Morgan fingerprint density at radius 2 is 2.23 bits per heavy atom. The van der Waals surface area contributed by atoms with Gasteiger partial charge in [0.1, 0.15) is 16.9 Å². The van der Waals surface area contributed by atoms with Crippen molar-refractivity contribution in [2.75, 3.05) is 13.2 Å². The molecule has 1 fully saturated rings. The molecule has 0 N–H and O–H groups in total. The molecule has 0 aliphatic carbocycles. The zero-order valence-electron chi connectivity index (χ0n) is 12.5. The van der Waals surface area contributed by atoms with Gasteiger partial charge >= 0.3 is 0 Å². The fourth-order valence-electron chi connectivity index (χ4n) is 2.38. The Morgan fingerprint density at radius 3 is 2.91 bits per heavy atom. The van der Waals surface area contributed by atoms with E-state index in [0.717, 1.165) is 40.8 Å². The summed E-state index contributed by atoms with van der Waals surface area (Å²) in [7, 11) is -1.09. The van der Waals surface area contributed by atoms with Crippen molar-refractivity contribution in [2.24, 2.45) is 0 Å². The number of hydrogen-bond donors (Lipinski definition) is 0. The van der Waals surface area contributed by atoms with Crippen molar-refractivity contribution in [1.82, 2.24) is 4.98 Å². The van der Waals surface area contributed by atoms with Crippen LogP contribution in [0.4, 0.5) is 0 Å². The third kappa shape index (κ3) is 3.74. The molecule has 6 heteroatoms. The summed E-state index contributed by atoms with van der Waals surface area (Å²) in [6.45, 7) is 3.39. The molecule has 1 aromatic carbocycles. The lowest BCUT2D eigenvalue weighted by molar-refractivity contribution is 0.111. The minimum atomic E-state index is -1.09. The molecule has 1 aliphatic rings. The third-order valence-corrected chi connectivity index (χ3v) is 5.79. The van der Waals surface area contributed by atoms with Crippen molar-refractivity contribution in [2.45, 2.75) is 36.5 Å². The molecule has 4 nitrogen and oxygen atoms in total. The van der Waals surface area contributed by atoms with E-state index in [9.17, 15) is 4.21 Å². The van der Waals surface area contributed by atoms with Crippen LogP contribution in [-0.2, 0) is 21.3 Å². The number of ether oxygens (including phenoxy) is 2. The van der Waals surface area contributed by atoms with Crippen molar-refractivity contribution in [1.29, 1.82) is 0 Å². The Morgan fingerprint density at radius 1 is 1.41 bits per heavy atom.